The molecule has 0 radical (unpaired) electrons. The Morgan fingerprint density at radius 2 is 2.25 bits per heavy atom. The molecule has 1 aliphatic rings. The molecule has 0 spiro atoms. The number of likely N-dealkylation sites (tertiary alicyclic amines) is 1. The molecule has 5 nitrogen and oxygen atoms in total. The van der Waals surface area contributed by atoms with Crippen molar-refractivity contribution in [2.75, 3.05) is 26.2 Å². The van der Waals surface area contributed by atoms with Gasteiger partial charge >= 0.3 is 0 Å². The molecule has 1 fully saturated rings. The van der Waals surface area contributed by atoms with Crippen molar-refractivity contribution < 1.29 is 10.3 Å². The van der Waals surface area contributed by atoms with Crippen LogP contribution >= 0.6 is 0 Å². The third-order valence-electron chi connectivity index (χ3n) is 3.15. The summed E-state index contributed by atoms with van der Waals surface area (Å²) >= 11 is 0. The molecule has 1 heterocycles. The largest absolute Gasteiger partial charge is 0.409 e. The number of nitrogens with two attached hydrogens (primary N) is 1. The van der Waals surface area contributed by atoms with Gasteiger partial charge in [-0.05, 0) is 44.7 Å². The van der Waals surface area contributed by atoms with E-state index in [1.165, 1.54) is 6.42 Å². The molecule has 94 valence electrons. The maximum atomic E-state index is 9.10. The fourth-order valence-corrected chi connectivity index (χ4v) is 2.19. The second-order valence-corrected chi connectivity index (χ2v) is 4.54. The van der Waals surface area contributed by atoms with Crippen molar-refractivity contribution in [3.05, 3.63) is 0 Å². The number of hydrogen-bond acceptors (Lipinski definition) is 4. The average Bonchev–Trinajstić information content (AvgIpc) is 2.34. The fraction of sp³-hybridized carbons (Fsp3) is 0.909. The molecule has 1 unspecified atom stereocenters. The van der Waals surface area contributed by atoms with E-state index in [0.29, 0.717) is 24.8 Å². The van der Waals surface area contributed by atoms with Crippen LogP contribution in [0.3, 0.4) is 0 Å². The van der Waals surface area contributed by atoms with E-state index in [1.807, 2.05) is 0 Å². The van der Waals surface area contributed by atoms with Crippen molar-refractivity contribution in [1.82, 2.24) is 4.90 Å². The number of oxime groups is 1. The van der Waals surface area contributed by atoms with Crippen LogP contribution in [0.15, 0.2) is 5.16 Å². The first-order valence-corrected chi connectivity index (χ1v) is 6.06. The van der Waals surface area contributed by atoms with Gasteiger partial charge in [-0.2, -0.15) is 0 Å². The van der Waals surface area contributed by atoms with Gasteiger partial charge < -0.3 is 20.9 Å². The molecule has 1 saturated heterocycles. The molecule has 0 aliphatic carbocycles. The number of unbranched alkanes of at least 4 members (excludes halogenated alkanes) is 1. The maximum Gasteiger partial charge on any atom is 0.139 e. The van der Waals surface area contributed by atoms with Crippen molar-refractivity contribution >= 4 is 5.84 Å². The summed E-state index contributed by atoms with van der Waals surface area (Å²) in [7, 11) is 0. The van der Waals surface area contributed by atoms with Crippen LogP contribution in [-0.4, -0.2) is 47.3 Å². The van der Waals surface area contributed by atoms with Crippen LogP contribution in [0.5, 0.6) is 0 Å². The predicted molar refractivity (Wildman–Crippen MR) is 63.5 cm³/mol. The smallest absolute Gasteiger partial charge is 0.139 e. The van der Waals surface area contributed by atoms with Crippen LogP contribution in [0.1, 0.15) is 32.1 Å². The molecule has 1 atom stereocenters. The summed E-state index contributed by atoms with van der Waals surface area (Å²) in [6.45, 7) is 3.51. The average molecular weight is 229 g/mol. The summed E-state index contributed by atoms with van der Waals surface area (Å²) in [5.41, 5.74) is 5.39. The Kier molecular flexibility index (Phi) is 6.18. The lowest BCUT2D eigenvalue weighted by atomic mass is 9.99. The Balaban J connectivity index is 2.08. The van der Waals surface area contributed by atoms with E-state index in [0.717, 1.165) is 38.9 Å². The molecule has 0 aromatic carbocycles. The topological polar surface area (TPSA) is 82.1 Å². The molecular weight excluding hydrogens is 206 g/mol. The number of hydrogen-bond donors (Lipinski definition) is 3. The van der Waals surface area contributed by atoms with Gasteiger partial charge in [0.25, 0.3) is 0 Å². The quantitative estimate of drug-likeness (QED) is 0.205. The minimum Gasteiger partial charge on any atom is -0.409 e. The highest BCUT2D eigenvalue weighted by atomic mass is 16.4. The van der Waals surface area contributed by atoms with Crippen molar-refractivity contribution in [1.29, 1.82) is 0 Å². The monoisotopic (exact) mass is 229 g/mol. The lowest BCUT2D eigenvalue weighted by molar-refractivity contribution is 0.119. The lowest BCUT2D eigenvalue weighted by Crippen LogP contribution is -2.37. The van der Waals surface area contributed by atoms with Gasteiger partial charge in [0.15, 0.2) is 0 Å². The van der Waals surface area contributed by atoms with Gasteiger partial charge in [-0.1, -0.05) is 5.16 Å². The number of rotatable bonds is 6. The highest BCUT2D eigenvalue weighted by Crippen LogP contribution is 2.16. The highest BCUT2D eigenvalue weighted by Gasteiger charge is 2.18. The van der Waals surface area contributed by atoms with E-state index in [4.69, 9.17) is 16.0 Å². The van der Waals surface area contributed by atoms with Crippen LogP contribution in [0.25, 0.3) is 0 Å². The SMILES string of the molecule is NC(CCCCN1CCCC(CO)C1)=NO. The Morgan fingerprint density at radius 3 is 2.94 bits per heavy atom. The summed E-state index contributed by atoms with van der Waals surface area (Å²) in [6.07, 6.45) is 5.01. The Morgan fingerprint density at radius 1 is 1.44 bits per heavy atom. The lowest BCUT2D eigenvalue weighted by Gasteiger charge is -2.31. The van der Waals surface area contributed by atoms with Gasteiger partial charge in [0.1, 0.15) is 5.84 Å². The molecule has 5 heteroatoms. The number of piperidine rings is 1. The van der Waals surface area contributed by atoms with E-state index < -0.39 is 0 Å². The minimum atomic E-state index is 0.306. The first kappa shape index (κ1) is 13.3. The summed E-state index contributed by atoms with van der Waals surface area (Å²) in [4.78, 5) is 2.40. The van der Waals surface area contributed by atoms with Crippen molar-refractivity contribution in [2.45, 2.75) is 32.1 Å². The first-order valence-electron chi connectivity index (χ1n) is 6.06. The van der Waals surface area contributed by atoms with Gasteiger partial charge in [0.2, 0.25) is 0 Å². The summed E-state index contributed by atoms with van der Waals surface area (Å²) in [6, 6.07) is 0. The third kappa shape index (κ3) is 4.81. The molecular formula is C11H23N3O2. The predicted octanol–water partition coefficient (Wildman–Crippen LogP) is 0.607. The van der Waals surface area contributed by atoms with Crippen molar-refractivity contribution in [2.24, 2.45) is 16.8 Å². The number of aliphatic hydroxyl groups excluding tert-OH is 1. The van der Waals surface area contributed by atoms with Gasteiger partial charge in [-0.25, -0.2) is 0 Å². The molecule has 0 saturated carbocycles. The van der Waals surface area contributed by atoms with Gasteiger partial charge in [-0.3, -0.25) is 0 Å². The van der Waals surface area contributed by atoms with E-state index in [1.54, 1.807) is 0 Å². The molecule has 0 amide bonds. The highest BCUT2D eigenvalue weighted by molar-refractivity contribution is 5.79. The zero-order valence-electron chi connectivity index (χ0n) is 9.81. The van der Waals surface area contributed by atoms with Gasteiger partial charge in [0, 0.05) is 19.6 Å². The molecule has 1 aliphatic heterocycles. The number of aliphatic hydroxyl groups is 1. The molecule has 0 bridgehead atoms. The Bertz CT molecular complexity index is 221. The number of amidine groups is 1. The summed E-state index contributed by atoms with van der Waals surface area (Å²) in [5, 5.41) is 20.4. The molecule has 4 N–H and O–H groups in total. The zero-order chi connectivity index (χ0) is 11.8. The molecule has 1 rings (SSSR count). The van der Waals surface area contributed by atoms with E-state index >= 15 is 0 Å². The second kappa shape index (κ2) is 7.46. The van der Waals surface area contributed by atoms with Crippen molar-refractivity contribution in [3.8, 4) is 0 Å². The van der Waals surface area contributed by atoms with E-state index in [9.17, 15) is 0 Å². The maximum absolute atomic E-state index is 9.10. The fourth-order valence-electron chi connectivity index (χ4n) is 2.19. The normalized spacial score (nSPS) is 23.6. The van der Waals surface area contributed by atoms with E-state index in [2.05, 4.69) is 10.1 Å². The standard InChI is InChI=1S/C11H23N3O2/c12-11(13-16)5-1-2-6-14-7-3-4-10(8-14)9-15/h10,15-16H,1-9H2,(H2,12,13). The first-order chi connectivity index (χ1) is 7.76. The molecule has 16 heavy (non-hydrogen) atoms. The summed E-state index contributed by atoms with van der Waals surface area (Å²) < 4.78 is 0. The third-order valence-corrected chi connectivity index (χ3v) is 3.15. The van der Waals surface area contributed by atoms with Crippen molar-refractivity contribution in [3.63, 3.8) is 0 Å². The Hall–Kier alpha value is -0.810. The zero-order valence-corrected chi connectivity index (χ0v) is 9.81. The minimum absolute atomic E-state index is 0.306. The molecule has 0 aromatic heterocycles. The van der Waals surface area contributed by atoms with Crippen LogP contribution < -0.4 is 5.73 Å². The summed E-state index contributed by atoms with van der Waals surface area (Å²) in [5.74, 6) is 0.768. The van der Waals surface area contributed by atoms with Gasteiger partial charge in [-0.15, -0.1) is 0 Å². The van der Waals surface area contributed by atoms with E-state index in [-0.39, 0.29) is 0 Å². The van der Waals surface area contributed by atoms with Gasteiger partial charge in [0.05, 0.1) is 0 Å². The van der Waals surface area contributed by atoms with Crippen LogP contribution in [0, 0.1) is 5.92 Å². The van der Waals surface area contributed by atoms with Crippen LogP contribution in [0.2, 0.25) is 0 Å². The second-order valence-electron chi connectivity index (χ2n) is 4.54. The Labute approximate surface area is 96.9 Å². The van der Waals surface area contributed by atoms with Crippen LogP contribution in [-0.2, 0) is 0 Å². The van der Waals surface area contributed by atoms with Crippen LogP contribution in [0.4, 0.5) is 0 Å². The molecule has 0 aromatic rings. The number of nitrogens with zero attached hydrogens (tertiary/aromatic N) is 2.